The first-order chi connectivity index (χ1) is 10.6. The van der Waals surface area contributed by atoms with Gasteiger partial charge in [0.1, 0.15) is 0 Å². The number of hydrogen-bond acceptors (Lipinski definition) is 4. The zero-order valence-corrected chi connectivity index (χ0v) is 13.1. The number of aliphatic hydroxyl groups excluding tert-OH is 1. The maximum atomic E-state index is 12.2. The van der Waals surface area contributed by atoms with Gasteiger partial charge in [-0.25, -0.2) is 0 Å². The highest BCUT2D eigenvalue weighted by Gasteiger charge is 2.30. The predicted molar refractivity (Wildman–Crippen MR) is 87.0 cm³/mol. The summed E-state index contributed by atoms with van der Waals surface area (Å²) < 4.78 is 0. The molecule has 0 radical (unpaired) electrons. The van der Waals surface area contributed by atoms with Crippen LogP contribution in [0.25, 0.3) is 0 Å². The van der Waals surface area contributed by atoms with Gasteiger partial charge in [-0.1, -0.05) is 17.7 Å². The van der Waals surface area contributed by atoms with Gasteiger partial charge >= 0.3 is 0 Å². The molecule has 2 aliphatic heterocycles. The van der Waals surface area contributed by atoms with E-state index in [9.17, 15) is 9.90 Å². The second kappa shape index (κ2) is 6.67. The van der Waals surface area contributed by atoms with Crippen LogP contribution in [-0.2, 0) is 4.79 Å². The molecule has 22 heavy (non-hydrogen) atoms. The lowest BCUT2D eigenvalue weighted by Gasteiger charge is -2.35. The molecule has 0 bridgehead atoms. The Labute approximate surface area is 131 Å². The van der Waals surface area contributed by atoms with Gasteiger partial charge in [0.25, 0.3) is 0 Å². The summed E-state index contributed by atoms with van der Waals surface area (Å²) in [6.07, 6.45) is 2.22. The van der Waals surface area contributed by atoms with Gasteiger partial charge in [0.2, 0.25) is 5.91 Å². The molecule has 120 valence electrons. The minimum atomic E-state index is -0.397. The van der Waals surface area contributed by atoms with Crippen molar-refractivity contribution < 1.29 is 9.90 Å². The number of carbonyl (C=O) groups is 1. The third-order valence-electron chi connectivity index (χ3n) is 4.59. The molecular weight excluding hydrogens is 278 g/mol. The summed E-state index contributed by atoms with van der Waals surface area (Å²) in [6.45, 7) is 4.49. The molecule has 5 heteroatoms. The molecule has 2 aliphatic rings. The molecule has 3 N–H and O–H groups in total. The van der Waals surface area contributed by atoms with E-state index in [0.717, 1.165) is 25.9 Å². The van der Waals surface area contributed by atoms with E-state index in [1.807, 2.05) is 0 Å². The normalized spacial score (nSPS) is 28.6. The van der Waals surface area contributed by atoms with Crippen LogP contribution >= 0.6 is 0 Å². The third kappa shape index (κ3) is 3.59. The predicted octanol–water partition coefficient (Wildman–Crippen LogP) is 0.803. The molecule has 0 saturated carbocycles. The zero-order valence-electron chi connectivity index (χ0n) is 13.1. The summed E-state index contributed by atoms with van der Waals surface area (Å²) in [7, 11) is 0. The van der Waals surface area contributed by atoms with Crippen LogP contribution in [0.1, 0.15) is 24.8 Å². The SMILES string of the molecule is Cc1ccc(N2CCC[C@H](NC(=O)[C@H]3C[C@@H](O)CN3)C2)cc1. The molecule has 1 amide bonds. The van der Waals surface area contributed by atoms with Gasteiger partial charge in [-0.15, -0.1) is 0 Å². The highest BCUT2D eigenvalue weighted by Crippen LogP contribution is 2.20. The van der Waals surface area contributed by atoms with Crippen molar-refractivity contribution in [3.05, 3.63) is 29.8 Å². The quantitative estimate of drug-likeness (QED) is 0.773. The highest BCUT2D eigenvalue weighted by molar-refractivity contribution is 5.82. The van der Waals surface area contributed by atoms with Gasteiger partial charge in [0.15, 0.2) is 0 Å². The van der Waals surface area contributed by atoms with Crippen molar-refractivity contribution in [2.75, 3.05) is 24.5 Å². The van der Waals surface area contributed by atoms with Crippen LogP contribution in [0.2, 0.25) is 0 Å². The summed E-state index contributed by atoms with van der Waals surface area (Å²) in [4.78, 5) is 14.6. The van der Waals surface area contributed by atoms with Gasteiger partial charge in [-0.3, -0.25) is 4.79 Å². The van der Waals surface area contributed by atoms with Gasteiger partial charge in [-0.2, -0.15) is 0 Å². The van der Waals surface area contributed by atoms with Crippen LogP contribution in [-0.4, -0.2) is 48.8 Å². The van der Waals surface area contributed by atoms with E-state index in [-0.39, 0.29) is 18.0 Å². The molecule has 2 fully saturated rings. The molecule has 2 heterocycles. The van der Waals surface area contributed by atoms with Gasteiger partial charge in [0.05, 0.1) is 12.1 Å². The van der Waals surface area contributed by atoms with Crippen molar-refractivity contribution in [2.24, 2.45) is 0 Å². The number of nitrogens with zero attached hydrogens (tertiary/aromatic N) is 1. The number of β-amino-alcohol motifs (C(OH)–C–C–N with tert-alkyl or cyclic N) is 1. The molecule has 1 aromatic carbocycles. The molecule has 2 saturated heterocycles. The Balaban J connectivity index is 1.56. The Morgan fingerprint density at radius 3 is 2.82 bits per heavy atom. The third-order valence-corrected chi connectivity index (χ3v) is 4.59. The molecule has 0 spiro atoms. The number of carbonyl (C=O) groups excluding carboxylic acids is 1. The maximum Gasteiger partial charge on any atom is 0.237 e. The minimum absolute atomic E-state index is 0.0207. The van der Waals surface area contributed by atoms with Crippen LogP contribution < -0.4 is 15.5 Å². The molecule has 0 aromatic heterocycles. The summed E-state index contributed by atoms with van der Waals surface area (Å²) in [5.74, 6) is 0.0207. The molecule has 5 nitrogen and oxygen atoms in total. The van der Waals surface area contributed by atoms with E-state index in [0.29, 0.717) is 13.0 Å². The van der Waals surface area contributed by atoms with Crippen LogP contribution in [0, 0.1) is 6.92 Å². The number of benzene rings is 1. The highest BCUT2D eigenvalue weighted by atomic mass is 16.3. The van der Waals surface area contributed by atoms with E-state index in [1.165, 1.54) is 11.3 Å². The summed E-state index contributed by atoms with van der Waals surface area (Å²) in [6, 6.07) is 8.48. The largest absolute Gasteiger partial charge is 0.392 e. The molecule has 0 unspecified atom stereocenters. The first kappa shape index (κ1) is 15.3. The van der Waals surface area contributed by atoms with Crippen molar-refractivity contribution in [1.29, 1.82) is 0 Å². The fourth-order valence-corrected chi connectivity index (χ4v) is 3.30. The van der Waals surface area contributed by atoms with Gasteiger partial charge in [0, 0.05) is 31.4 Å². The molecule has 3 atom stereocenters. The van der Waals surface area contributed by atoms with Crippen molar-refractivity contribution in [1.82, 2.24) is 10.6 Å². The van der Waals surface area contributed by atoms with Crippen molar-refractivity contribution >= 4 is 11.6 Å². The Bertz CT molecular complexity index is 517. The van der Waals surface area contributed by atoms with Crippen LogP contribution in [0.15, 0.2) is 24.3 Å². The fourth-order valence-electron chi connectivity index (χ4n) is 3.30. The monoisotopic (exact) mass is 303 g/mol. The second-order valence-corrected chi connectivity index (χ2v) is 6.48. The summed E-state index contributed by atoms with van der Waals surface area (Å²) in [5, 5.41) is 15.7. The van der Waals surface area contributed by atoms with Crippen molar-refractivity contribution in [3.63, 3.8) is 0 Å². The zero-order chi connectivity index (χ0) is 15.5. The van der Waals surface area contributed by atoms with Crippen LogP contribution in [0.4, 0.5) is 5.69 Å². The number of aryl methyl sites for hydroxylation is 1. The van der Waals surface area contributed by atoms with Gasteiger partial charge < -0.3 is 20.6 Å². The van der Waals surface area contributed by atoms with Crippen LogP contribution in [0.3, 0.4) is 0 Å². The minimum Gasteiger partial charge on any atom is -0.392 e. The summed E-state index contributed by atoms with van der Waals surface area (Å²) in [5.41, 5.74) is 2.48. The smallest absolute Gasteiger partial charge is 0.237 e. The Morgan fingerprint density at radius 1 is 1.36 bits per heavy atom. The average molecular weight is 303 g/mol. The first-order valence-corrected chi connectivity index (χ1v) is 8.15. The number of amides is 1. The maximum absolute atomic E-state index is 12.2. The lowest BCUT2D eigenvalue weighted by molar-refractivity contribution is -0.123. The number of rotatable bonds is 3. The molecule has 0 aliphatic carbocycles. The van der Waals surface area contributed by atoms with E-state index in [1.54, 1.807) is 0 Å². The van der Waals surface area contributed by atoms with Crippen molar-refractivity contribution in [2.45, 2.75) is 44.4 Å². The topological polar surface area (TPSA) is 64.6 Å². The Morgan fingerprint density at radius 2 is 2.14 bits per heavy atom. The van der Waals surface area contributed by atoms with Crippen LogP contribution in [0.5, 0.6) is 0 Å². The standard InChI is InChI=1S/C17H25N3O2/c1-12-4-6-14(7-5-12)20-8-2-3-13(11-20)19-17(22)16-9-15(21)10-18-16/h4-7,13,15-16,18,21H,2-3,8-11H2,1H3,(H,19,22)/t13-,15+,16+/m0/s1. The number of nitrogens with one attached hydrogen (secondary N) is 2. The van der Waals surface area contributed by atoms with E-state index in [2.05, 4.69) is 46.7 Å². The van der Waals surface area contributed by atoms with E-state index < -0.39 is 6.10 Å². The van der Waals surface area contributed by atoms with Crippen molar-refractivity contribution in [3.8, 4) is 0 Å². The molecule has 3 rings (SSSR count). The lowest BCUT2D eigenvalue weighted by Crippen LogP contribution is -2.51. The Hall–Kier alpha value is -1.59. The number of aliphatic hydroxyl groups is 1. The number of piperidine rings is 1. The van der Waals surface area contributed by atoms with Gasteiger partial charge in [-0.05, 0) is 38.3 Å². The van der Waals surface area contributed by atoms with E-state index >= 15 is 0 Å². The average Bonchev–Trinajstić information content (AvgIpc) is 2.95. The van der Waals surface area contributed by atoms with E-state index in [4.69, 9.17) is 0 Å². The first-order valence-electron chi connectivity index (χ1n) is 8.15. The lowest BCUT2D eigenvalue weighted by atomic mass is 10.0. The fraction of sp³-hybridized carbons (Fsp3) is 0.588. The number of anilines is 1. The second-order valence-electron chi connectivity index (χ2n) is 6.48. The Kier molecular flexibility index (Phi) is 4.64. The summed E-state index contributed by atoms with van der Waals surface area (Å²) >= 11 is 0. The molecular formula is C17H25N3O2. The molecule has 1 aromatic rings. The number of hydrogen-bond donors (Lipinski definition) is 3.